The number of nitrogens with zero attached hydrogens (tertiary/aromatic N) is 1. The molecule has 0 aromatic heterocycles. The van der Waals surface area contributed by atoms with Crippen LogP contribution in [0.5, 0.6) is 0 Å². The first kappa shape index (κ1) is 15.5. The third kappa shape index (κ3) is 2.34. The van der Waals surface area contributed by atoms with Crippen molar-refractivity contribution in [1.29, 1.82) is 0 Å². The standard InChI is InChI=1S/C18H26N2O2/c1-12-16-11-13-4-5-14(17(19)21)10-15(13)18(12,2)6-7-20(16)8-9-22-3/h4-5,10,12,16H,6-9,11H2,1-3H3,(H2,19,21)/t12-,16?,18+/m0/s1. The quantitative estimate of drug-likeness (QED) is 0.925. The normalized spacial score (nSPS) is 30.9. The monoisotopic (exact) mass is 302 g/mol. The number of carbonyl (C=O) groups is 1. The Hall–Kier alpha value is -1.39. The first-order chi connectivity index (χ1) is 10.5. The number of amides is 1. The van der Waals surface area contributed by atoms with E-state index >= 15 is 0 Å². The first-order valence-corrected chi connectivity index (χ1v) is 8.13. The van der Waals surface area contributed by atoms with Crippen LogP contribution in [0.25, 0.3) is 0 Å². The van der Waals surface area contributed by atoms with Crippen molar-refractivity contribution < 1.29 is 9.53 Å². The van der Waals surface area contributed by atoms with Crippen LogP contribution in [0.2, 0.25) is 0 Å². The van der Waals surface area contributed by atoms with Gasteiger partial charge in [0, 0.05) is 25.3 Å². The Kier molecular flexibility index (Phi) is 4.00. The fourth-order valence-electron chi connectivity index (χ4n) is 4.35. The van der Waals surface area contributed by atoms with Gasteiger partial charge in [-0.3, -0.25) is 9.69 Å². The zero-order valence-corrected chi connectivity index (χ0v) is 13.8. The molecule has 4 nitrogen and oxygen atoms in total. The fraction of sp³-hybridized carbons (Fsp3) is 0.611. The SMILES string of the molecule is COCCN1CC[C@@]2(C)c3cc(C(N)=O)ccc3CC1[C@@H]2C. The Morgan fingerprint density at radius 3 is 2.95 bits per heavy atom. The van der Waals surface area contributed by atoms with Crippen LogP contribution in [0.4, 0.5) is 0 Å². The molecule has 3 rings (SSSR count). The number of nitrogens with two attached hydrogens (primary N) is 1. The van der Waals surface area contributed by atoms with Gasteiger partial charge in [-0.15, -0.1) is 0 Å². The van der Waals surface area contributed by atoms with Crippen LogP contribution in [-0.2, 0) is 16.6 Å². The van der Waals surface area contributed by atoms with E-state index in [0.29, 0.717) is 17.5 Å². The number of benzene rings is 1. The molecule has 0 saturated carbocycles. The Morgan fingerprint density at radius 2 is 2.27 bits per heavy atom. The number of primary amides is 1. The molecule has 1 saturated heterocycles. The summed E-state index contributed by atoms with van der Waals surface area (Å²) in [5.41, 5.74) is 8.94. The van der Waals surface area contributed by atoms with Crippen LogP contribution in [-0.4, -0.2) is 43.7 Å². The second kappa shape index (κ2) is 5.67. The highest BCUT2D eigenvalue weighted by atomic mass is 16.5. The van der Waals surface area contributed by atoms with Gasteiger partial charge in [-0.1, -0.05) is 19.9 Å². The van der Waals surface area contributed by atoms with Crippen LogP contribution in [0.1, 0.15) is 41.8 Å². The number of ether oxygens (including phenoxy) is 1. The van der Waals surface area contributed by atoms with Crippen molar-refractivity contribution in [2.24, 2.45) is 11.7 Å². The predicted molar refractivity (Wildman–Crippen MR) is 87.0 cm³/mol. The molecule has 1 aromatic rings. The highest BCUT2D eigenvalue weighted by molar-refractivity contribution is 5.93. The van der Waals surface area contributed by atoms with Crippen LogP contribution >= 0.6 is 0 Å². The number of piperidine rings is 1. The summed E-state index contributed by atoms with van der Waals surface area (Å²) < 4.78 is 5.26. The van der Waals surface area contributed by atoms with E-state index in [2.05, 4.69) is 24.8 Å². The highest BCUT2D eigenvalue weighted by Gasteiger charge is 2.48. The third-order valence-corrected chi connectivity index (χ3v) is 5.99. The zero-order chi connectivity index (χ0) is 15.9. The third-order valence-electron chi connectivity index (χ3n) is 5.99. The summed E-state index contributed by atoms with van der Waals surface area (Å²) in [4.78, 5) is 14.1. The van der Waals surface area contributed by atoms with Gasteiger partial charge in [-0.05, 0) is 54.0 Å². The molecule has 0 radical (unpaired) electrons. The molecule has 1 aromatic carbocycles. The summed E-state index contributed by atoms with van der Waals surface area (Å²) in [7, 11) is 1.76. The summed E-state index contributed by atoms with van der Waals surface area (Å²) in [6, 6.07) is 6.57. The van der Waals surface area contributed by atoms with Crippen molar-refractivity contribution in [3.8, 4) is 0 Å². The van der Waals surface area contributed by atoms with E-state index in [1.54, 1.807) is 7.11 Å². The Labute approximate surface area is 132 Å². The molecule has 1 unspecified atom stereocenters. The number of methoxy groups -OCH3 is 1. The zero-order valence-electron chi connectivity index (χ0n) is 13.8. The van der Waals surface area contributed by atoms with Gasteiger partial charge < -0.3 is 10.5 Å². The lowest BCUT2D eigenvalue weighted by atomic mass is 9.59. The van der Waals surface area contributed by atoms with Crippen molar-refractivity contribution in [2.45, 2.75) is 38.1 Å². The molecule has 1 fully saturated rings. The summed E-state index contributed by atoms with van der Waals surface area (Å²) >= 11 is 0. The summed E-state index contributed by atoms with van der Waals surface area (Å²) in [5.74, 6) is 0.229. The lowest BCUT2D eigenvalue weighted by molar-refractivity contribution is 0.0157. The molecule has 120 valence electrons. The summed E-state index contributed by atoms with van der Waals surface area (Å²) in [6.45, 7) is 7.57. The van der Waals surface area contributed by atoms with E-state index in [1.165, 1.54) is 11.1 Å². The average molecular weight is 302 g/mol. The van der Waals surface area contributed by atoms with Gasteiger partial charge in [0.2, 0.25) is 5.91 Å². The lowest BCUT2D eigenvalue weighted by Gasteiger charge is -2.54. The number of hydrogen-bond donors (Lipinski definition) is 1. The largest absolute Gasteiger partial charge is 0.383 e. The molecule has 4 heteroatoms. The van der Waals surface area contributed by atoms with Crippen LogP contribution in [0.15, 0.2) is 18.2 Å². The van der Waals surface area contributed by atoms with Crippen molar-refractivity contribution in [1.82, 2.24) is 4.90 Å². The predicted octanol–water partition coefficient (Wildman–Crippen LogP) is 1.96. The molecular formula is C18H26N2O2. The van der Waals surface area contributed by atoms with Crippen molar-refractivity contribution in [2.75, 3.05) is 26.8 Å². The number of carbonyl (C=O) groups excluding carboxylic acids is 1. The number of likely N-dealkylation sites (tertiary alicyclic amines) is 1. The number of rotatable bonds is 4. The molecule has 1 heterocycles. The summed E-state index contributed by atoms with van der Waals surface area (Å²) in [6.07, 6.45) is 2.17. The maximum absolute atomic E-state index is 11.5. The van der Waals surface area contributed by atoms with Gasteiger partial charge in [0.05, 0.1) is 6.61 Å². The molecule has 1 amide bonds. The maximum Gasteiger partial charge on any atom is 0.248 e. The van der Waals surface area contributed by atoms with Gasteiger partial charge in [0.25, 0.3) is 0 Å². The van der Waals surface area contributed by atoms with Crippen molar-refractivity contribution in [3.05, 3.63) is 34.9 Å². The van der Waals surface area contributed by atoms with E-state index in [1.807, 2.05) is 12.1 Å². The summed E-state index contributed by atoms with van der Waals surface area (Å²) in [5, 5.41) is 0. The molecule has 0 spiro atoms. The molecule has 1 aliphatic heterocycles. The fourth-order valence-corrected chi connectivity index (χ4v) is 4.35. The number of fused-ring (bicyclic) bond motifs is 4. The highest BCUT2D eigenvalue weighted by Crippen LogP contribution is 2.48. The minimum Gasteiger partial charge on any atom is -0.383 e. The van der Waals surface area contributed by atoms with Crippen molar-refractivity contribution in [3.63, 3.8) is 0 Å². The topological polar surface area (TPSA) is 55.6 Å². The van der Waals surface area contributed by atoms with Gasteiger partial charge in [0.15, 0.2) is 0 Å². The van der Waals surface area contributed by atoms with E-state index in [0.717, 1.165) is 32.5 Å². The Balaban J connectivity index is 1.97. The second-order valence-corrected chi connectivity index (χ2v) is 6.99. The number of hydrogen-bond acceptors (Lipinski definition) is 3. The molecule has 22 heavy (non-hydrogen) atoms. The minimum atomic E-state index is -0.335. The molecule has 2 aliphatic rings. The van der Waals surface area contributed by atoms with Gasteiger partial charge in [0.1, 0.15) is 0 Å². The van der Waals surface area contributed by atoms with E-state index in [4.69, 9.17) is 10.5 Å². The van der Waals surface area contributed by atoms with E-state index < -0.39 is 0 Å². The van der Waals surface area contributed by atoms with E-state index in [-0.39, 0.29) is 11.3 Å². The van der Waals surface area contributed by atoms with Crippen molar-refractivity contribution >= 4 is 5.91 Å². The Morgan fingerprint density at radius 1 is 1.50 bits per heavy atom. The van der Waals surface area contributed by atoms with Crippen LogP contribution < -0.4 is 5.73 Å². The molecule has 3 atom stereocenters. The molecule has 1 aliphatic carbocycles. The minimum absolute atomic E-state index is 0.132. The maximum atomic E-state index is 11.5. The molecule has 2 bridgehead atoms. The molecule has 2 N–H and O–H groups in total. The smallest absolute Gasteiger partial charge is 0.248 e. The Bertz CT molecular complexity index is 586. The lowest BCUT2D eigenvalue weighted by Crippen LogP contribution is -2.58. The molecular weight excluding hydrogens is 276 g/mol. The van der Waals surface area contributed by atoms with Gasteiger partial charge >= 0.3 is 0 Å². The second-order valence-electron chi connectivity index (χ2n) is 6.99. The van der Waals surface area contributed by atoms with E-state index in [9.17, 15) is 4.79 Å². The first-order valence-electron chi connectivity index (χ1n) is 8.13. The van der Waals surface area contributed by atoms with Crippen LogP contribution in [0, 0.1) is 5.92 Å². The average Bonchev–Trinajstić information content (AvgIpc) is 2.49. The van der Waals surface area contributed by atoms with Crippen LogP contribution in [0.3, 0.4) is 0 Å². The van der Waals surface area contributed by atoms with Gasteiger partial charge in [-0.2, -0.15) is 0 Å². The van der Waals surface area contributed by atoms with Gasteiger partial charge in [-0.25, -0.2) is 0 Å².